The number of thioether (sulfide) groups is 1. The summed E-state index contributed by atoms with van der Waals surface area (Å²) in [5.41, 5.74) is 2.68. The minimum atomic E-state index is -0.202. The molecular weight excluding hydrogens is 460 g/mol. The Labute approximate surface area is 180 Å². The van der Waals surface area contributed by atoms with Gasteiger partial charge in [-0.15, -0.1) is 0 Å². The van der Waals surface area contributed by atoms with Crippen molar-refractivity contribution in [3.8, 4) is 5.75 Å². The van der Waals surface area contributed by atoms with Crippen LogP contribution in [-0.4, -0.2) is 29.3 Å². The van der Waals surface area contributed by atoms with E-state index in [2.05, 4.69) is 21.2 Å². The molecule has 0 bridgehead atoms. The molecule has 2 heterocycles. The highest BCUT2D eigenvalue weighted by molar-refractivity contribution is 9.10. The molecule has 0 atom stereocenters. The Morgan fingerprint density at radius 2 is 2.00 bits per heavy atom. The van der Waals surface area contributed by atoms with Gasteiger partial charge in [-0.2, -0.15) is 0 Å². The summed E-state index contributed by atoms with van der Waals surface area (Å²) in [6.45, 7) is 0.580. The summed E-state index contributed by atoms with van der Waals surface area (Å²) in [5.74, 6) is 0.382. The third-order valence-electron chi connectivity index (χ3n) is 4.40. The number of anilines is 1. The quantitative estimate of drug-likeness (QED) is 0.537. The SMILES string of the molecule is O=C1NC(=S)S/C1=C\c1ccc2c(c1)N(CCc1ccc(Br)cc1)C(=O)CO2. The highest BCUT2D eigenvalue weighted by Gasteiger charge is 2.26. The van der Waals surface area contributed by atoms with E-state index in [1.165, 1.54) is 11.8 Å². The number of carbonyl (C=O) groups excluding carboxylic acids is 2. The van der Waals surface area contributed by atoms with Gasteiger partial charge in [0.1, 0.15) is 10.1 Å². The molecular formula is C20H15BrN2O3S2. The molecule has 2 aromatic carbocycles. The van der Waals surface area contributed by atoms with Crippen molar-refractivity contribution in [3.63, 3.8) is 0 Å². The minimum absolute atomic E-state index is 0.0281. The van der Waals surface area contributed by atoms with Crippen LogP contribution in [0.15, 0.2) is 51.8 Å². The third-order valence-corrected chi connectivity index (χ3v) is 6.09. The molecule has 1 N–H and O–H groups in total. The summed E-state index contributed by atoms with van der Waals surface area (Å²) >= 11 is 9.69. The molecule has 28 heavy (non-hydrogen) atoms. The van der Waals surface area contributed by atoms with Gasteiger partial charge in [0.15, 0.2) is 6.61 Å². The average Bonchev–Trinajstić information content (AvgIpc) is 2.99. The van der Waals surface area contributed by atoms with Gasteiger partial charge in [0.25, 0.3) is 11.8 Å². The number of benzene rings is 2. The Hall–Kier alpha value is -2.16. The normalized spacial score (nSPS) is 17.5. The summed E-state index contributed by atoms with van der Waals surface area (Å²) in [6, 6.07) is 13.6. The topological polar surface area (TPSA) is 58.6 Å². The molecule has 2 aliphatic heterocycles. The molecule has 0 radical (unpaired) electrons. The Morgan fingerprint density at radius 3 is 2.71 bits per heavy atom. The van der Waals surface area contributed by atoms with Crippen molar-refractivity contribution in [1.29, 1.82) is 0 Å². The lowest BCUT2D eigenvalue weighted by molar-refractivity contribution is -0.121. The molecule has 142 valence electrons. The van der Waals surface area contributed by atoms with E-state index in [0.29, 0.717) is 27.2 Å². The van der Waals surface area contributed by atoms with Crippen LogP contribution in [0.25, 0.3) is 6.08 Å². The molecule has 2 aromatic rings. The number of ether oxygens (including phenoxy) is 1. The predicted molar refractivity (Wildman–Crippen MR) is 118 cm³/mol. The zero-order chi connectivity index (χ0) is 19.7. The van der Waals surface area contributed by atoms with E-state index in [1.807, 2.05) is 42.5 Å². The number of nitrogens with zero attached hydrogens (tertiary/aromatic N) is 1. The summed E-state index contributed by atoms with van der Waals surface area (Å²) in [6.07, 6.45) is 2.50. The Morgan fingerprint density at radius 1 is 1.21 bits per heavy atom. The third kappa shape index (κ3) is 4.14. The molecule has 4 rings (SSSR count). The number of carbonyl (C=O) groups is 2. The summed E-state index contributed by atoms with van der Waals surface area (Å²) in [4.78, 5) is 26.7. The highest BCUT2D eigenvalue weighted by atomic mass is 79.9. The summed E-state index contributed by atoms with van der Waals surface area (Å²) < 4.78 is 7.04. The molecule has 0 unspecified atom stereocenters. The van der Waals surface area contributed by atoms with Gasteiger partial charge in [-0.05, 0) is 47.9 Å². The van der Waals surface area contributed by atoms with Gasteiger partial charge >= 0.3 is 0 Å². The molecule has 0 aromatic heterocycles. The lowest BCUT2D eigenvalue weighted by Crippen LogP contribution is -2.40. The highest BCUT2D eigenvalue weighted by Crippen LogP contribution is 2.35. The maximum absolute atomic E-state index is 12.5. The van der Waals surface area contributed by atoms with Gasteiger partial charge < -0.3 is 15.0 Å². The maximum Gasteiger partial charge on any atom is 0.265 e. The van der Waals surface area contributed by atoms with Gasteiger partial charge in [-0.25, -0.2) is 0 Å². The fraction of sp³-hybridized carbons (Fsp3) is 0.150. The van der Waals surface area contributed by atoms with Crippen LogP contribution >= 0.6 is 39.9 Å². The number of nitrogens with one attached hydrogen (secondary N) is 1. The van der Waals surface area contributed by atoms with Crippen LogP contribution in [-0.2, 0) is 16.0 Å². The fourth-order valence-electron chi connectivity index (χ4n) is 3.02. The number of hydrogen-bond donors (Lipinski definition) is 1. The van der Waals surface area contributed by atoms with E-state index in [-0.39, 0.29) is 18.4 Å². The van der Waals surface area contributed by atoms with Crippen molar-refractivity contribution in [3.05, 3.63) is 63.0 Å². The lowest BCUT2D eigenvalue weighted by Gasteiger charge is -2.29. The van der Waals surface area contributed by atoms with E-state index in [1.54, 1.807) is 11.0 Å². The Bertz CT molecular complexity index is 1010. The van der Waals surface area contributed by atoms with Gasteiger partial charge in [0.05, 0.1) is 10.6 Å². The van der Waals surface area contributed by atoms with Crippen LogP contribution in [0.2, 0.25) is 0 Å². The molecule has 0 saturated carbocycles. The van der Waals surface area contributed by atoms with Crippen LogP contribution < -0.4 is 15.0 Å². The predicted octanol–water partition coefficient (Wildman–Crippen LogP) is 3.91. The van der Waals surface area contributed by atoms with Crippen molar-refractivity contribution >= 4 is 67.8 Å². The van der Waals surface area contributed by atoms with Crippen molar-refractivity contribution in [2.45, 2.75) is 6.42 Å². The minimum Gasteiger partial charge on any atom is -0.482 e. The molecule has 1 saturated heterocycles. The van der Waals surface area contributed by atoms with E-state index in [9.17, 15) is 9.59 Å². The number of fused-ring (bicyclic) bond motifs is 1. The standard InChI is InChI=1S/C20H15BrN2O3S2/c21-14-4-1-12(2-5-14)7-8-23-15-9-13(3-6-16(15)26-11-18(23)24)10-17-19(25)22-20(27)28-17/h1-6,9-10H,7-8,11H2,(H,22,25,27)/b17-10-. The lowest BCUT2D eigenvalue weighted by atomic mass is 10.1. The van der Waals surface area contributed by atoms with Crippen LogP contribution in [0.4, 0.5) is 5.69 Å². The number of rotatable bonds is 4. The Balaban J connectivity index is 1.59. The number of thiocarbonyl (C=S) groups is 1. The van der Waals surface area contributed by atoms with Gasteiger partial charge in [0.2, 0.25) is 0 Å². The van der Waals surface area contributed by atoms with E-state index in [0.717, 1.165) is 22.0 Å². The number of hydrogen-bond acceptors (Lipinski definition) is 5. The number of amides is 2. The van der Waals surface area contributed by atoms with Crippen LogP contribution in [0.3, 0.4) is 0 Å². The second kappa shape index (κ2) is 8.06. The van der Waals surface area contributed by atoms with E-state index in [4.69, 9.17) is 17.0 Å². The molecule has 2 aliphatic rings. The maximum atomic E-state index is 12.5. The monoisotopic (exact) mass is 474 g/mol. The average molecular weight is 475 g/mol. The first-order valence-corrected chi connectivity index (χ1v) is 10.6. The second-order valence-corrected chi connectivity index (χ2v) is 8.92. The molecule has 0 spiro atoms. The molecule has 1 fully saturated rings. The molecule has 5 nitrogen and oxygen atoms in total. The molecule has 8 heteroatoms. The largest absolute Gasteiger partial charge is 0.482 e. The first kappa shape index (κ1) is 19.2. The van der Waals surface area contributed by atoms with Crippen molar-refractivity contribution in [2.24, 2.45) is 0 Å². The van der Waals surface area contributed by atoms with Gasteiger partial charge in [0, 0.05) is 11.0 Å². The van der Waals surface area contributed by atoms with E-state index < -0.39 is 0 Å². The van der Waals surface area contributed by atoms with Crippen molar-refractivity contribution < 1.29 is 14.3 Å². The zero-order valence-corrected chi connectivity index (χ0v) is 17.8. The van der Waals surface area contributed by atoms with Crippen LogP contribution in [0, 0.1) is 0 Å². The first-order chi connectivity index (χ1) is 13.5. The fourth-order valence-corrected chi connectivity index (χ4v) is 4.33. The van der Waals surface area contributed by atoms with Gasteiger partial charge in [-0.3, -0.25) is 9.59 Å². The van der Waals surface area contributed by atoms with Crippen LogP contribution in [0.5, 0.6) is 5.75 Å². The zero-order valence-electron chi connectivity index (χ0n) is 14.6. The van der Waals surface area contributed by atoms with Crippen LogP contribution in [0.1, 0.15) is 11.1 Å². The van der Waals surface area contributed by atoms with Gasteiger partial charge in [-0.1, -0.05) is 58.1 Å². The van der Waals surface area contributed by atoms with Crippen molar-refractivity contribution in [2.75, 3.05) is 18.1 Å². The number of halogens is 1. The smallest absolute Gasteiger partial charge is 0.265 e. The first-order valence-electron chi connectivity index (χ1n) is 8.56. The van der Waals surface area contributed by atoms with Crippen molar-refractivity contribution in [1.82, 2.24) is 5.32 Å². The summed E-state index contributed by atoms with van der Waals surface area (Å²) in [7, 11) is 0. The molecule has 0 aliphatic carbocycles. The molecule has 2 amide bonds. The second-order valence-electron chi connectivity index (χ2n) is 6.29. The summed E-state index contributed by atoms with van der Waals surface area (Å²) in [5, 5.41) is 2.60. The van der Waals surface area contributed by atoms with E-state index >= 15 is 0 Å². The Kier molecular flexibility index (Phi) is 5.52.